The number of aliphatic hydroxyl groups is 1. The first-order chi connectivity index (χ1) is 19.8. The molecule has 0 spiro atoms. The largest absolute Gasteiger partial charge is 0.488 e. The average Bonchev–Trinajstić information content (AvgIpc) is 3.88. The van der Waals surface area contributed by atoms with Gasteiger partial charge in [-0.1, -0.05) is 0 Å². The van der Waals surface area contributed by atoms with E-state index in [0.717, 1.165) is 43.9 Å². The van der Waals surface area contributed by atoms with Gasteiger partial charge in [0.05, 0.1) is 24.4 Å². The van der Waals surface area contributed by atoms with Gasteiger partial charge in [0, 0.05) is 16.7 Å². The molecule has 6 rings (SSSR count). The molecule has 0 radical (unpaired) electrons. The molecule has 2 atom stereocenters. The van der Waals surface area contributed by atoms with Crippen molar-refractivity contribution >= 4 is 5.91 Å². The van der Waals surface area contributed by atoms with E-state index in [1.807, 2.05) is 0 Å². The third-order valence-electron chi connectivity index (χ3n) is 7.51. The number of nitrogens with one attached hydrogen (secondary N) is 1. The highest BCUT2D eigenvalue weighted by Gasteiger charge is 2.59. The summed E-state index contributed by atoms with van der Waals surface area (Å²) in [5.74, 6) is -0.286. The van der Waals surface area contributed by atoms with Crippen molar-refractivity contribution in [2.45, 2.75) is 62.1 Å². The number of amides is 1. The number of aromatic nitrogens is 1. The van der Waals surface area contributed by atoms with Crippen molar-refractivity contribution in [3.63, 3.8) is 0 Å². The number of rotatable bonds is 9. The predicted molar refractivity (Wildman–Crippen MR) is 143 cm³/mol. The smallest absolute Gasteiger partial charge is 0.414 e. The van der Waals surface area contributed by atoms with Crippen LogP contribution in [0.25, 0.3) is 11.3 Å². The minimum atomic E-state index is -4.88. The molecule has 4 N–H and O–H groups in total. The van der Waals surface area contributed by atoms with Gasteiger partial charge in [-0.2, -0.15) is 13.2 Å². The number of alkyl halides is 3. The van der Waals surface area contributed by atoms with Gasteiger partial charge in [0.2, 0.25) is 0 Å². The summed E-state index contributed by atoms with van der Waals surface area (Å²) in [6.45, 7) is 0.0199. The van der Waals surface area contributed by atoms with Crippen molar-refractivity contribution in [2.75, 3.05) is 13.2 Å². The number of carbonyl (C=O) groups excluding carboxylic acids is 1. The van der Waals surface area contributed by atoms with E-state index in [1.165, 1.54) is 19.1 Å². The lowest BCUT2D eigenvalue weighted by atomic mass is 9.88. The van der Waals surface area contributed by atoms with E-state index >= 15 is 0 Å². The van der Waals surface area contributed by atoms with Crippen LogP contribution >= 0.6 is 0 Å². The van der Waals surface area contributed by atoms with Crippen LogP contribution in [0.2, 0.25) is 0 Å². The zero-order valence-electron chi connectivity index (χ0n) is 22.6. The van der Waals surface area contributed by atoms with Gasteiger partial charge in [0.15, 0.2) is 22.8 Å². The summed E-state index contributed by atoms with van der Waals surface area (Å²) in [4.78, 5) is 17.5. The molecule has 2 heterocycles. The normalized spacial score (nSPS) is 21.2. The lowest BCUT2D eigenvalue weighted by Crippen LogP contribution is -2.52. The number of hydrogen-bond acceptors (Lipinski definition) is 7. The Morgan fingerprint density at radius 1 is 1.07 bits per heavy atom. The molecule has 42 heavy (non-hydrogen) atoms. The van der Waals surface area contributed by atoms with Gasteiger partial charge >= 0.3 is 6.18 Å². The van der Waals surface area contributed by atoms with Crippen LogP contribution in [0, 0.1) is 5.82 Å². The highest BCUT2D eigenvalue weighted by molar-refractivity contribution is 5.95. The number of benzene rings is 2. The van der Waals surface area contributed by atoms with Gasteiger partial charge < -0.3 is 30.4 Å². The van der Waals surface area contributed by atoms with Gasteiger partial charge in [-0.25, -0.2) is 9.37 Å². The lowest BCUT2D eigenvalue weighted by Gasteiger charge is -2.28. The minimum Gasteiger partial charge on any atom is -0.488 e. The molecule has 3 aliphatic rings. The van der Waals surface area contributed by atoms with Crippen molar-refractivity contribution in [3.8, 4) is 28.5 Å². The maximum atomic E-state index is 14.1. The topological polar surface area (TPSA) is 116 Å². The summed E-state index contributed by atoms with van der Waals surface area (Å²) in [7, 11) is 0. The third kappa shape index (κ3) is 5.48. The van der Waals surface area contributed by atoms with Crippen LogP contribution in [0.1, 0.15) is 54.2 Å². The Morgan fingerprint density at radius 2 is 1.71 bits per heavy atom. The fourth-order valence-corrected chi connectivity index (χ4v) is 4.60. The number of pyridine rings is 1. The molecule has 2 fully saturated rings. The monoisotopic (exact) mass is 587 g/mol. The summed E-state index contributed by atoms with van der Waals surface area (Å²) < 4.78 is 73.1. The number of ether oxygens (including phenoxy) is 3. The fourth-order valence-electron chi connectivity index (χ4n) is 4.60. The third-order valence-corrected chi connectivity index (χ3v) is 7.51. The van der Waals surface area contributed by atoms with Crippen LogP contribution in [-0.2, 0) is 11.1 Å². The van der Waals surface area contributed by atoms with Crippen LogP contribution < -0.4 is 25.3 Å². The summed E-state index contributed by atoms with van der Waals surface area (Å²) in [6, 6.07) is 10.8. The first kappa shape index (κ1) is 28.2. The molecule has 0 bridgehead atoms. The van der Waals surface area contributed by atoms with Gasteiger partial charge in [-0.3, -0.25) is 4.79 Å². The number of nitrogens with zero attached hydrogens (tertiary/aromatic N) is 1. The summed E-state index contributed by atoms with van der Waals surface area (Å²) in [5.41, 5.74) is 0.891. The van der Waals surface area contributed by atoms with E-state index < -0.39 is 47.8 Å². The lowest BCUT2D eigenvalue weighted by molar-refractivity contribution is -0.191. The molecule has 12 heteroatoms. The summed E-state index contributed by atoms with van der Waals surface area (Å²) in [5, 5.41) is 14.0. The van der Waals surface area contributed by atoms with E-state index in [1.54, 1.807) is 18.2 Å². The second kappa shape index (κ2) is 10.1. The quantitative estimate of drug-likeness (QED) is 0.311. The average molecular weight is 588 g/mol. The Balaban J connectivity index is 1.28. The van der Waals surface area contributed by atoms with Crippen LogP contribution in [0.5, 0.6) is 17.2 Å². The molecule has 2 aliphatic carbocycles. The van der Waals surface area contributed by atoms with Gasteiger partial charge in [-0.15, -0.1) is 0 Å². The maximum absolute atomic E-state index is 14.1. The zero-order valence-corrected chi connectivity index (χ0v) is 22.6. The molecule has 1 aromatic heterocycles. The molecule has 2 unspecified atom stereocenters. The number of halogens is 4. The number of fused-ring (bicyclic) bond motifs is 1. The number of carbonyl (C=O) groups is 1. The van der Waals surface area contributed by atoms with Gasteiger partial charge in [0.25, 0.3) is 5.91 Å². The molecule has 3 aromatic rings. The van der Waals surface area contributed by atoms with E-state index in [-0.39, 0.29) is 40.5 Å². The first-order valence-corrected chi connectivity index (χ1v) is 13.6. The number of hydrogen-bond donors (Lipinski definition) is 3. The minimum absolute atomic E-state index is 0.0428. The van der Waals surface area contributed by atoms with E-state index in [4.69, 9.17) is 19.9 Å². The fraction of sp³-hybridized carbons (Fsp3) is 0.400. The van der Waals surface area contributed by atoms with Gasteiger partial charge in [0.1, 0.15) is 23.7 Å². The number of nitrogens with two attached hydrogens (primary N) is 1. The standard InChI is InChI=1S/C30H29F4N3O5/c1-28(39,14-36-27(38)17-4-11-22(41-19-7-8-19)23(12-17)42-20-9-10-20)24-13-21-26(40-15-29(21,35)30(32,33)34)25(37-24)16-2-5-18(31)6-3-16/h2-6,11-13,19-20,39H,7-10,14-15,35H2,1H3,(H,36,38). The molecule has 222 valence electrons. The second-order valence-corrected chi connectivity index (χ2v) is 11.2. The molecular weight excluding hydrogens is 558 g/mol. The Morgan fingerprint density at radius 3 is 2.33 bits per heavy atom. The molecule has 8 nitrogen and oxygen atoms in total. The highest BCUT2D eigenvalue weighted by Crippen LogP contribution is 2.49. The van der Waals surface area contributed by atoms with Crippen molar-refractivity contribution < 1.29 is 41.7 Å². The van der Waals surface area contributed by atoms with Crippen LogP contribution in [0.3, 0.4) is 0 Å². The molecular formula is C30H29F4N3O5. The molecule has 0 saturated heterocycles. The predicted octanol–water partition coefficient (Wildman–Crippen LogP) is 4.72. The van der Waals surface area contributed by atoms with Crippen LogP contribution in [-0.4, -0.2) is 47.5 Å². The molecule has 1 amide bonds. The SMILES string of the molecule is CC(O)(CNC(=O)c1ccc(OC2CC2)c(OC2CC2)c1)c1cc2c(c(-c3ccc(F)cc3)n1)OCC2(N)C(F)(F)F. The molecule has 2 saturated carbocycles. The molecule has 2 aromatic carbocycles. The zero-order chi connectivity index (χ0) is 29.9. The Kier molecular flexibility index (Phi) is 6.81. The van der Waals surface area contributed by atoms with Crippen LogP contribution in [0.4, 0.5) is 17.6 Å². The van der Waals surface area contributed by atoms with Crippen molar-refractivity contribution in [1.29, 1.82) is 0 Å². The van der Waals surface area contributed by atoms with E-state index in [2.05, 4.69) is 10.3 Å². The van der Waals surface area contributed by atoms with Crippen molar-refractivity contribution in [3.05, 3.63) is 71.2 Å². The Bertz CT molecular complexity index is 1520. The van der Waals surface area contributed by atoms with Gasteiger partial charge in [-0.05, 0) is 81.1 Å². The van der Waals surface area contributed by atoms with E-state index in [0.29, 0.717) is 11.5 Å². The first-order valence-electron chi connectivity index (χ1n) is 13.6. The Labute approximate surface area is 238 Å². The van der Waals surface area contributed by atoms with Crippen molar-refractivity contribution in [1.82, 2.24) is 10.3 Å². The maximum Gasteiger partial charge on any atom is 0.414 e. The van der Waals surface area contributed by atoms with Crippen molar-refractivity contribution in [2.24, 2.45) is 5.73 Å². The highest BCUT2D eigenvalue weighted by atomic mass is 19.4. The van der Waals surface area contributed by atoms with Crippen LogP contribution in [0.15, 0.2) is 48.5 Å². The summed E-state index contributed by atoms with van der Waals surface area (Å²) in [6.07, 6.45) is -0.927. The second-order valence-electron chi connectivity index (χ2n) is 11.2. The summed E-state index contributed by atoms with van der Waals surface area (Å²) >= 11 is 0. The molecule has 1 aliphatic heterocycles. The Hall–Kier alpha value is -3.90. The van der Waals surface area contributed by atoms with E-state index in [9.17, 15) is 27.5 Å².